The monoisotopic (exact) mass is 340 g/mol. The molecular formula is C19H24N4S. The van der Waals surface area contributed by atoms with Gasteiger partial charge in [0.05, 0.1) is 6.33 Å². The normalized spacial score (nSPS) is 24.9. The Kier molecular flexibility index (Phi) is 4.52. The van der Waals surface area contributed by atoms with Crippen LogP contribution < -0.4 is 10.6 Å². The third kappa shape index (κ3) is 3.46. The molecule has 2 aliphatic rings. The molecule has 1 aromatic carbocycles. The molecule has 2 N–H and O–H groups in total. The zero-order valence-electron chi connectivity index (χ0n) is 13.8. The van der Waals surface area contributed by atoms with E-state index in [0.717, 1.165) is 30.0 Å². The van der Waals surface area contributed by atoms with Gasteiger partial charge < -0.3 is 15.2 Å². The first-order valence-electron chi connectivity index (χ1n) is 8.85. The molecule has 5 heteroatoms. The summed E-state index contributed by atoms with van der Waals surface area (Å²) in [5.41, 5.74) is 2.58. The minimum atomic E-state index is 0.588. The SMILES string of the molecule is S=C(NCc1ccccc1Cn1ccnc1)NC1CC2CCC1C2. The highest BCUT2D eigenvalue weighted by Crippen LogP contribution is 2.44. The van der Waals surface area contributed by atoms with Gasteiger partial charge in [-0.25, -0.2) is 4.98 Å². The molecule has 24 heavy (non-hydrogen) atoms. The van der Waals surface area contributed by atoms with Gasteiger partial charge in [-0.3, -0.25) is 0 Å². The van der Waals surface area contributed by atoms with Crippen molar-refractivity contribution in [1.29, 1.82) is 0 Å². The zero-order chi connectivity index (χ0) is 16.4. The molecule has 4 nitrogen and oxygen atoms in total. The van der Waals surface area contributed by atoms with Crippen LogP contribution in [0.4, 0.5) is 0 Å². The van der Waals surface area contributed by atoms with E-state index in [4.69, 9.17) is 12.2 Å². The lowest BCUT2D eigenvalue weighted by molar-refractivity contribution is 0.389. The number of fused-ring (bicyclic) bond motifs is 2. The second kappa shape index (κ2) is 6.93. The second-order valence-corrected chi connectivity index (χ2v) is 7.52. The molecule has 2 saturated carbocycles. The summed E-state index contributed by atoms with van der Waals surface area (Å²) in [7, 11) is 0. The van der Waals surface area contributed by atoms with Crippen LogP contribution in [0.2, 0.25) is 0 Å². The van der Waals surface area contributed by atoms with Crippen LogP contribution in [0, 0.1) is 11.8 Å². The molecule has 1 aromatic heterocycles. The first-order valence-corrected chi connectivity index (χ1v) is 9.25. The first-order chi connectivity index (χ1) is 11.8. The van der Waals surface area contributed by atoms with Crippen molar-refractivity contribution in [3.05, 3.63) is 54.1 Å². The molecule has 3 atom stereocenters. The van der Waals surface area contributed by atoms with Crippen LogP contribution in [0.5, 0.6) is 0 Å². The molecule has 0 amide bonds. The van der Waals surface area contributed by atoms with Crippen molar-refractivity contribution in [2.45, 2.75) is 44.8 Å². The average molecular weight is 340 g/mol. The summed E-state index contributed by atoms with van der Waals surface area (Å²) >= 11 is 5.53. The van der Waals surface area contributed by atoms with Gasteiger partial charge in [-0.1, -0.05) is 30.7 Å². The number of hydrogen-bond donors (Lipinski definition) is 2. The van der Waals surface area contributed by atoms with Crippen molar-refractivity contribution in [3.63, 3.8) is 0 Å². The lowest BCUT2D eigenvalue weighted by Gasteiger charge is -2.24. The number of thiocarbonyl (C=S) groups is 1. The molecule has 3 unspecified atom stereocenters. The quantitative estimate of drug-likeness (QED) is 0.821. The predicted octanol–water partition coefficient (Wildman–Crippen LogP) is 3.08. The average Bonchev–Trinajstić information content (AvgIpc) is 3.32. The van der Waals surface area contributed by atoms with Gasteiger partial charge in [-0.2, -0.15) is 0 Å². The van der Waals surface area contributed by atoms with E-state index in [0.29, 0.717) is 6.04 Å². The Balaban J connectivity index is 1.33. The maximum Gasteiger partial charge on any atom is 0.166 e. The summed E-state index contributed by atoms with van der Waals surface area (Å²) in [6.07, 6.45) is 11.1. The summed E-state index contributed by atoms with van der Waals surface area (Å²) in [5.74, 6) is 1.77. The van der Waals surface area contributed by atoms with Crippen molar-refractivity contribution < 1.29 is 0 Å². The van der Waals surface area contributed by atoms with E-state index in [1.807, 2.05) is 18.7 Å². The Bertz CT molecular complexity index is 697. The summed E-state index contributed by atoms with van der Waals surface area (Å²) in [4.78, 5) is 4.11. The highest BCUT2D eigenvalue weighted by Gasteiger charge is 2.39. The smallest absolute Gasteiger partial charge is 0.166 e. The number of benzene rings is 1. The summed E-state index contributed by atoms with van der Waals surface area (Å²) < 4.78 is 2.09. The maximum absolute atomic E-state index is 5.53. The molecule has 2 aromatic rings. The topological polar surface area (TPSA) is 41.9 Å². The van der Waals surface area contributed by atoms with Crippen LogP contribution in [-0.2, 0) is 13.1 Å². The minimum Gasteiger partial charge on any atom is -0.360 e. The molecular weight excluding hydrogens is 316 g/mol. The number of nitrogens with zero attached hydrogens (tertiary/aromatic N) is 2. The van der Waals surface area contributed by atoms with E-state index in [1.165, 1.54) is 36.8 Å². The molecule has 2 aliphatic carbocycles. The molecule has 2 bridgehead atoms. The molecule has 0 aliphatic heterocycles. The molecule has 0 spiro atoms. The van der Waals surface area contributed by atoms with Crippen molar-refractivity contribution in [3.8, 4) is 0 Å². The minimum absolute atomic E-state index is 0.588. The Labute approximate surface area is 148 Å². The van der Waals surface area contributed by atoms with Crippen LogP contribution in [-0.4, -0.2) is 20.7 Å². The van der Waals surface area contributed by atoms with E-state index in [-0.39, 0.29) is 0 Å². The fourth-order valence-corrected chi connectivity index (χ4v) is 4.50. The Morgan fingerprint density at radius 1 is 1.21 bits per heavy atom. The van der Waals surface area contributed by atoms with Gasteiger partial charge in [0.2, 0.25) is 0 Å². The van der Waals surface area contributed by atoms with Gasteiger partial charge in [-0.05, 0) is 54.4 Å². The second-order valence-electron chi connectivity index (χ2n) is 7.11. The lowest BCUT2D eigenvalue weighted by atomic mass is 9.95. The number of aromatic nitrogens is 2. The van der Waals surface area contributed by atoms with E-state index >= 15 is 0 Å². The highest BCUT2D eigenvalue weighted by molar-refractivity contribution is 7.80. The van der Waals surface area contributed by atoms with Gasteiger partial charge in [0, 0.05) is 31.5 Å². The first kappa shape index (κ1) is 15.6. The van der Waals surface area contributed by atoms with Crippen LogP contribution in [0.1, 0.15) is 36.8 Å². The number of rotatable bonds is 5. The van der Waals surface area contributed by atoms with Gasteiger partial charge in [-0.15, -0.1) is 0 Å². The standard InChI is InChI=1S/C19H24N4S/c24-19(22-18-10-14-5-6-15(18)9-14)21-11-16-3-1-2-4-17(16)12-23-8-7-20-13-23/h1-4,7-8,13-15,18H,5-6,9-12H2,(H2,21,22,24). The fourth-order valence-electron chi connectivity index (χ4n) is 4.28. The van der Waals surface area contributed by atoms with Gasteiger partial charge >= 0.3 is 0 Å². The Hall–Kier alpha value is -1.88. The van der Waals surface area contributed by atoms with Crippen LogP contribution in [0.15, 0.2) is 43.0 Å². The summed E-state index contributed by atoms with van der Waals surface area (Å²) in [6.45, 7) is 1.60. The number of imidazole rings is 1. The molecule has 0 saturated heterocycles. The zero-order valence-corrected chi connectivity index (χ0v) is 14.6. The third-order valence-corrected chi connectivity index (χ3v) is 5.79. The Morgan fingerprint density at radius 3 is 2.79 bits per heavy atom. The third-order valence-electron chi connectivity index (χ3n) is 5.52. The predicted molar refractivity (Wildman–Crippen MR) is 99.6 cm³/mol. The molecule has 126 valence electrons. The van der Waals surface area contributed by atoms with E-state index in [9.17, 15) is 0 Å². The van der Waals surface area contributed by atoms with Crippen molar-refractivity contribution in [2.24, 2.45) is 11.8 Å². The van der Waals surface area contributed by atoms with Crippen molar-refractivity contribution >= 4 is 17.3 Å². The largest absolute Gasteiger partial charge is 0.360 e. The van der Waals surface area contributed by atoms with Crippen LogP contribution in [0.3, 0.4) is 0 Å². The number of nitrogens with one attached hydrogen (secondary N) is 2. The van der Waals surface area contributed by atoms with E-state index in [1.54, 1.807) is 0 Å². The van der Waals surface area contributed by atoms with Crippen molar-refractivity contribution in [1.82, 2.24) is 20.2 Å². The number of hydrogen-bond acceptors (Lipinski definition) is 2. The molecule has 0 radical (unpaired) electrons. The lowest BCUT2D eigenvalue weighted by Crippen LogP contribution is -2.44. The highest BCUT2D eigenvalue weighted by atomic mass is 32.1. The summed E-state index contributed by atoms with van der Waals surface area (Å²) in [6, 6.07) is 9.09. The Morgan fingerprint density at radius 2 is 2.08 bits per heavy atom. The van der Waals surface area contributed by atoms with Crippen molar-refractivity contribution in [2.75, 3.05) is 0 Å². The van der Waals surface area contributed by atoms with E-state index < -0.39 is 0 Å². The molecule has 2 fully saturated rings. The molecule has 1 heterocycles. The summed E-state index contributed by atoms with van der Waals surface area (Å²) in [5, 5.41) is 7.75. The van der Waals surface area contributed by atoms with Gasteiger partial charge in [0.25, 0.3) is 0 Å². The van der Waals surface area contributed by atoms with E-state index in [2.05, 4.69) is 44.5 Å². The van der Waals surface area contributed by atoms with Crippen LogP contribution >= 0.6 is 12.2 Å². The van der Waals surface area contributed by atoms with Gasteiger partial charge in [0.15, 0.2) is 5.11 Å². The maximum atomic E-state index is 5.53. The fraction of sp³-hybridized carbons (Fsp3) is 0.474. The van der Waals surface area contributed by atoms with Crippen LogP contribution in [0.25, 0.3) is 0 Å². The molecule has 4 rings (SSSR count). The van der Waals surface area contributed by atoms with Gasteiger partial charge in [0.1, 0.15) is 0 Å².